The van der Waals surface area contributed by atoms with E-state index in [-0.39, 0.29) is 29.6 Å². The molecular weight excluding hydrogens is 225 g/mol. The van der Waals surface area contributed by atoms with Crippen molar-refractivity contribution in [1.82, 2.24) is 0 Å². The molecule has 2 aromatic carbocycles. The van der Waals surface area contributed by atoms with Crippen LogP contribution >= 0.6 is 0 Å². The van der Waals surface area contributed by atoms with Crippen LogP contribution in [-0.4, -0.2) is 6.09 Å². The van der Waals surface area contributed by atoms with Gasteiger partial charge in [0.1, 0.15) is 6.09 Å². The molecule has 0 radical (unpaired) electrons. The zero-order valence-corrected chi connectivity index (χ0v) is 11.5. The number of benzene rings is 2. The maximum Gasteiger partial charge on any atom is 1.00 e. The molecule has 17 heavy (non-hydrogen) atoms. The van der Waals surface area contributed by atoms with Crippen LogP contribution in [0.3, 0.4) is 0 Å². The van der Waals surface area contributed by atoms with E-state index in [0.717, 1.165) is 4.90 Å². The van der Waals surface area contributed by atoms with Crippen LogP contribution in [0.2, 0.25) is 0 Å². The van der Waals surface area contributed by atoms with Gasteiger partial charge in [-0.25, -0.2) is 0 Å². The predicted octanol–water partition coefficient (Wildman–Crippen LogP) is -0.828. The molecule has 0 N–H and O–H groups in total. The van der Waals surface area contributed by atoms with Crippen LogP contribution in [-0.2, 0) is 0 Å². The minimum absolute atomic E-state index is 0. The number of anilines is 2. The largest absolute Gasteiger partial charge is 1.00 e. The van der Waals surface area contributed by atoms with Crippen molar-refractivity contribution in [1.29, 1.82) is 0 Å². The maximum atomic E-state index is 11.1. The number of hydrogen-bond acceptors (Lipinski definition) is 2. The molecule has 0 unspecified atom stereocenters. The fourth-order valence-electron chi connectivity index (χ4n) is 1.51. The minimum Gasteiger partial charge on any atom is -0.529 e. The second-order valence-electron chi connectivity index (χ2n) is 3.27. The summed E-state index contributed by atoms with van der Waals surface area (Å²) in [7, 11) is 0. The molecule has 0 aromatic heterocycles. The number of carbonyl (C=O) groups is 1. The number of hydrogen-bond donors (Lipinski definition) is 0. The molecule has 0 fully saturated rings. The van der Waals surface area contributed by atoms with Gasteiger partial charge in [0.2, 0.25) is 0 Å². The topological polar surface area (TPSA) is 43.4 Å². The normalized spacial score (nSPS) is 9.18. The van der Waals surface area contributed by atoms with E-state index >= 15 is 0 Å². The van der Waals surface area contributed by atoms with Crippen LogP contribution < -0.4 is 39.6 Å². The van der Waals surface area contributed by atoms with Gasteiger partial charge in [-0.3, -0.25) is 4.90 Å². The Labute approximate surface area is 122 Å². The third-order valence-corrected chi connectivity index (χ3v) is 2.21. The van der Waals surface area contributed by atoms with Gasteiger partial charge in [-0.2, -0.15) is 0 Å². The van der Waals surface area contributed by atoms with Crippen LogP contribution in [0, 0.1) is 0 Å². The summed E-state index contributed by atoms with van der Waals surface area (Å²) >= 11 is 0. The van der Waals surface area contributed by atoms with E-state index in [1.54, 1.807) is 48.5 Å². The van der Waals surface area contributed by atoms with Gasteiger partial charge in [-0.1, -0.05) is 36.4 Å². The Morgan fingerprint density at radius 1 is 0.824 bits per heavy atom. The van der Waals surface area contributed by atoms with Crippen molar-refractivity contribution in [2.75, 3.05) is 4.90 Å². The van der Waals surface area contributed by atoms with E-state index in [1.165, 1.54) is 0 Å². The molecule has 0 saturated heterocycles. The summed E-state index contributed by atoms with van der Waals surface area (Å²) in [5.74, 6) is 0. The number of para-hydroxylation sites is 2. The average Bonchev–Trinajstić information content (AvgIpc) is 2.31. The van der Waals surface area contributed by atoms with Gasteiger partial charge in [0.05, 0.1) is 0 Å². The molecule has 0 aliphatic carbocycles. The van der Waals surface area contributed by atoms with Crippen molar-refractivity contribution in [3.05, 3.63) is 60.7 Å². The molecule has 0 saturated carbocycles. The molecule has 0 heterocycles. The Hall–Kier alpha value is -1.29. The molecule has 2 aromatic rings. The molecule has 80 valence electrons. The molecular formula is C13H10NNaO2. The smallest absolute Gasteiger partial charge is 0.529 e. The maximum absolute atomic E-state index is 11.1. The Morgan fingerprint density at radius 3 is 1.47 bits per heavy atom. The van der Waals surface area contributed by atoms with Gasteiger partial charge in [0.25, 0.3) is 0 Å². The van der Waals surface area contributed by atoms with E-state index in [2.05, 4.69) is 0 Å². The second kappa shape index (κ2) is 6.45. The van der Waals surface area contributed by atoms with Gasteiger partial charge in [-0.15, -0.1) is 0 Å². The number of rotatable bonds is 2. The zero-order chi connectivity index (χ0) is 11.4. The Kier molecular flexibility index (Phi) is 5.22. The van der Waals surface area contributed by atoms with Gasteiger partial charge in [-0.05, 0) is 24.3 Å². The summed E-state index contributed by atoms with van der Waals surface area (Å²) in [5, 5.41) is 11.1. The van der Waals surface area contributed by atoms with E-state index in [0.29, 0.717) is 11.4 Å². The number of carboxylic acid groups (broad SMARTS) is 1. The number of carbonyl (C=O) groups excluding carboxylic acids is 1. The van der Waals surface area contributed by atoms with Crippen molar-refractivity contribution >= 4 is 17.5 Å². The van der Waals surface area contributed by atoms with Crippen LogP contribution in [0.15, 0.2) is 60.7 Å². The first kappa shape index (κ1) is 13.8. The summed E-state index contributed by atoms with van der Waals surface area (Å²) in [4.78, 5) is 12.3. The van der Waals surface area contributed by atoms with Crippen molar-refractivity contribution in [3.63, 3.8) is 0 Å². The minimum atomic E-state index is -1.24. The molecule has 2 rings (SSSR count). The second-order valence-corrected chi connectivity index (χ2v) is 3.27. The van der Waals surface area contributed by atoms with Crippen molar-refractivity contribution < 1.29 is 39.5 Å². The standard InChI is InChI=1S/C13H11NO2.Na/c15-13(16)14(11-7-3-1-4-8-11)12-9-5-2-6-10-12;/h1-10H,(H,15,16);/q;+1/p-1. The van der Waals surface area contributed by atoms with Crippen LogP contribution in [0.5, 0.6) is 0 Å². The first-order valence-corrected chi connectivity index (χ1v) is 4.90. The third-order valence-electron chi connectivity index (χ3n) is 2.21. The molecule has 0 bridgehead atoms. The van der Waals surface area contributed by atoms with Gasteiger partial charge in [0.15, 0.2) is 0 Å². The van der Waals surface area contributed by atoms with Crippen LogP contribution in [0.1, 0.15) is 0 Å². The summed E-state index contributed by atoms with van der Waals surface area (Å²) in [5.41, 5.74) is 1.16. The predicted molar refractivity (Wildman–Crippen MR) is 60.4 cm³/mol. The molecule has 3 nitrogen and oxygen atoms in total. The van der Waals surface area contributed by atoms with Crippen LogP contribution in [0.25, 0.3) is 0 Å². The summed E-state index contributed by atoms with van der Waals surface area (Å²) < 4.78 is 0. The van der Waals surface area contributed by atoms with E-state index in [1.807, 2.05) is 12.1 Å². The summed E-state index contributed by atoms with van der Waals surface area (Å²) in [6.07, 6.45) is -1.24. The van der Waals surface area contributed by atoms with E-state index in [4.69, 9.17) is 0 Å². The molecule has 4 heteroatoms. The van der Waals surface area contributed by atoms with Gasteiger partial charge in [0, 0.05) is 11.4 Å². The van der Waals surface area contributed by atoms with Gasteiger partial charge >= 0.3 is 29.6 Å². The van der Waals surface area contributed by atoms with Crippen LogP contribution in [0.4, 0.5) is 16.2 Å². The average molecular weight is 235 g/mol. The Bertz CT molecular complexity index is 434. The summed E-state index contributed by atoms with van der Waals surface area (Å²) in [6.45, 7) is 0. The van der Waals surface area contributed by atoms with Gasteiger partial charge < -0.3 is 9.90 Å². The first-order chi connectivity index (χ1) is 7.79. The third kappa shape index (κ3) is 3.33. The molecule has 0 aliphatic heterocycles. The van der Waals surface area contributed by atoms with Crippen molar-refractivity contribution in [3.8, 4) is 0 Å². The molecule has 0 atom stereocenters. The first-order valence-electron chi connectivity index (χ1n) is 4.90. The van der Waals surface area contributed by atoms with Crippen molar-refractivity contribution in [2.24, 2.45) is 0 Å². The Morgan fingerprint density at radius 2 is 1.18 bits per heavy atom. The number of nitrogens with zero attached hydrogens (tertiary/aromatic N) is 1. The Balaban J connectivity index is 0.00000144. The van der Waals surface area contributed by atoms with E-state index < -0.39 is 6.09 Å². The fraction of sp³-hybridized carbons (Fsp3) is 0. The van der Waals surface area contributed by atoms with Crippen molar-refractivity contribution in [2.45, 2.75) is 0 Å². The fourth-order valence-corrected chi connectivity index (χ4v) is 1.51. The van der Waals surface area contributed by atoms with E-state index in [9.17, 15) is 9.90 Å². The SMILES string of the molecule is O=C([O-])N(c1ccccc1)c1ccccc1.[Na+]. The molecule has 0 aliphatic rings. The molecule has 0 spiro atoms. The monoisotopic (exact) mass is 235 g/mol. The zero-order valence-electron chi connectivity index (χ0n) is 9.54. The summed E-state index contributed by atoms with van der Waals surface area (Å²) in [6, 6.07) is 17.7. The number of amides is 1. The molecule has 1 amide bonds. The quantitative estimate of drug-likeness (QED) is 0.638.